The third-order valence-corrected chi connectivity index (χ3v) is 5.06. The summed E-state index contributed by atoms with van der Waals surface area (Å²) in [5.41, 5.74) is 1.31. The fraction of sp³-hybridized carbons (Fsp3) is 0.688. The first-order chi connectivity index (χ1) is 8.19. The normalized spacial score (nSPS) is 44.2. The van der Waals surface area contributed by atoms with Gasteiger partial charge < -0.3 is 0 Å². The molecule has 4 aliphatic carbocycles. The lowest BCUT2D eigenvalue weighted by molar-refractivity contribution is -0.0237. The van der Waals surface area contributed by atoms with E-state index in [0.717, 1.165) is 23.3 Å². The van der Waals surface area contributed by atoms with Crippen LogP contribution in [0.3, 0.4) is 0 Å². The minimum Gasteiger partial charge on any atom is -0.193 e. The van der Waals surface area contributed by atoms with Crippen molar-refractivity contribution >= 4 is 0 Å². The molecule has 4 aliphatic rings. The molecule has 4 bridgehead atoms. The van der Waals surface area contributed by atoms with E-state index in [1.54, 1.807) is 0 Å². The van der Waals surface area contributed by atoms with E-state index >= 15 is 0 Å². The molecule has 4 rings (SSSR count). The standard InChI is InChI=1S/C16H21N/c1-12(11-17)3-2-4-16-8-13-5-14(9-16)7-15(6-13)10-16/h2-4,13-15H,5-10H2,1H3/b4-2+,12-3+. The minimum atomic E-state index is 0.501. The van der Waals surface area contributed by atoms with Crippen molar-refractivity contribution in [3.8, 4) is 6.07 Å². The SMILES string of the molecule is C/C(C#N)=C\C=C\C12CC3CC(CC(C3)C1)C2. The van der Waals surface area contributed by atoms with Crippen LogP contribution in [0.2, 0.25) is 0 Å². The molecule has 4 fully saturated rings. The second-order valence-electron chi connectivity index (χ2n) is 6.60. The van der Waals surface area contributed by atoms with Gasteiger partial charge in [-0.15, -0.1) is 0 Å². The van der Waals surface area contributed by atoms with E-state index < -0.39 is 0 Å². The van der Waals surface area contributed by atoms with Gasteiger partial charge in [0.15, 0.2) is 0 Å². The number of hydrogen-bond acceptors (Lipinski definition) is 1. The molecular weight excluding hydrogens is 206 g/mol. The zero-order chi connectivity index (χ0) is 11.9. The van der Waals surface area contributed by atoms with E-state index in [2.05, 4.69) is 18.2 Å². The molecule has 0 aromatic rings. The van der Waals surface area contributed by atoms with Crippen molar-refractivity contribution in [1.82, 2.24) is 0 Å². The molecule has 0 N–H and O–H groups in total. The minimum absolute atomic E-state index is 0.501. The summed E-state index contributed by atoms with van der Waals surface area (Å²) in [6, 6.07) is 2.18. The zero-order valence-electron chi connectivity index (χ0n) is 10.7. The van der Waals surface area contributed by atoms with Gasteiger partial charge in [0.1, 0.15) is 0 Å². The number of hydrogen-bond donors (Lipinski definition) is 0. The molecule has 1 nitrogen and oxygen atoms in total. The van der Waals surface area contributed by atoms with Crippen LogP contribution in [0.1, 0.15) is 45.4 Å². The van der Waals surface area contributed by atoms with Gasteiger partial charge in [0.2, 0.25) is 0 Å². The summed E-state index contributed by atoms with van der Waals surface area (Å²) in [5, 5.41) is 8.74. The molecular formula is C16H21N. The van der Waals surface area contributed by atoms with Crippen LogP contribution in [0, 0.1) is 34.5 Å². The average molecular weight is 227 g/mol. The highest BCUT2D eigenvalue weighted by Gasteiger charge is 2.49. The highest BCUT2D eigenvalue weighted by molar-refractivity contribution is 5.24. The number of nitrogens with zero attached hydrogens (tertiary/aromatic N) is 1. The van der Waals surface area contributed by atoms with Crippen LogP contribution in [0.5, 0.6) is 0 Å². The maximum atomic E-state index is 8.74. The Morgan fingerprint density at radius 3 is 2.12 bits per heavy atom. The summed E-state index contributed by atoms with van der Waals surface area (Å²) >= 11 is 0. The molecule has 0 aromatic heterocycles. The van der Waals surface area contributed by atoms with Crippen molar-refractivity contribution in [1.29, 1.82) is 5.26 Å². The monoisotopic (exact) mass is 227 g/mol. The summed E-state index contributed by atoms with van der Waals surface area (Å²) in [4.78, 5) is 0. The lowest BCUT2D eigenvalue weighted by Gasteiger charge is -2.55. The van der Waals surface area contributed by atoms with Crippen molar-refractivity contribution in [2.45, 2.75) is 45.4 Å². The van der Waals surface area contributed by atoms with Crippen molar-refractivity contribution < 1.29 is 0 Å². The van der Waals surface area contributed by atoms with E-state index in [9.17, 15) is 0 Å². The molecule has 17 heavy (non-hydrogen) atoms. The molecule has 1 heteroatoms. The maximum Gasteiger partial charge on any atom is 0.0944 e. The zero-order valence-corrected chi connectivity index (χ0v) is 10.7. The van der Waals surface area contributed by atoms with E-state index in [0.29, 0.717) is 5.41 Å². The first kappa shape index (κ1) is 11.1. The number of allylic oxidation sites excluding steroid dienone is 4. The summed E-state index contributed by atoms with van der Waals surface area (Å²) in [6.07, 6.45) is 15.3. The summed E-state index contributed by atoms with van der Waals surface area (Å²) < 4.78 is 0. The highest BCUT2D eigenvalue weighted by atomic mass is 14.5. The molecule has 0 aliphatic heterocycles. The molecule has 0 atom stereocenters. The van der Waals surface area contributed by atoms with Crippen molar-refractivity contribution in [2.75, 3.05) is 0 Å². The first-order valence-electron chi connectivity index (χ1n) is 6.95. The Morgan fingerprint density at radius 2 is 1.65 bits per heavy atom. The molecule has 0 saturated heterocycles. The van der Waals surface area contributed by atoms with Crippen LogP contribution >= 0.6 is 0 Å². The van der Waals surface area contributed by atoms with E-state index in [4.69, 9.17) is 5.26 Å². The summed E-state index contributed by atoms with van der Waals surface area (Å²) in [5.74, 6) is 3.02. The van der Waals surface area contributed by atoms with Gasteiger partial charge in [-0.1, -0.05) is 12.2 Å². The number of rotatable bonds is 2. The van der Waals surface area contributed by atoms with Crippen LogP contribution < -0.4 is 0 Å². The van der Waals surface area contributed by atoms with Gasteiger partial charge >= 0.3 is 0 Å². The molecule has 0 heterocycles. The van der Waals surface area contributed by atoms with E-state index in [1.165, 1.54) is 38.5 Å². The summed E-state index contributed by atoms with van der Waals surface area (Å²) in [7, 11) is 0. The molecule has 4 saturated carbocycles. The lowest BCUT2D eigenvalue weighted by Crippen LogP contribution is -2.44. The Balaban J connectivity index is 1.77. The number of nitriles is 1. The predicted octanol–water partition coefficient (Wildman–Crippen LogP) is 4.23. The smallest absolute Gasteiger partial charge is 0.0944 e. The maximum absolute atomic E-state index is 8.74. The van der Waals surface area contributed by atoms with Crippen LogP contribution in [-0.2, 0) is 0 Å². The fourth-order valence-electron chi connectivity index (χ4n) is 4.82. The topological polar surface area (TPSA) is 23.8 Å². The van der Waals surface area contributed by atoms with Gasteiger partial charge in [0.05, 0.1) is 6.07 Å². The molecule has 0 radical (unpaired) electrons. The Kier molecular flexibility index (Phi) is 2.62. The van der Waals surface area contributed by atoms with Crippen LogP contribution in [0.15, 0.2) is 23.8 Å². The fourth-order valence-corrected chi connectivity index (χ4v) is 4.82. The largest absolute Gasteiger partial charge is 0.193 e. The average Bonchev–Trinajstić information content (AvgIpc) is 2.26. The van der Waals surface area contributed by atoms with Crippen LogP contribution in [0.25, 0.3) is 0 Å². The molecule has 0 aromatic carbocycles. The van der Waals surface area contributed by atoms with Crippen LogP contribution in [0.4, 0.5) is 0 Å². The van der Waals surface area contributed by atoms with Crippen molar-refractivity contribution in [3.63, 3.8) is 0 Å². The van der Waals surface area contributed by atoms with E-state index in [1.807, 2.05) is 13.0 Å². The second-order valence-corrected chi connectivity index (χ2v) is 6.60. The van der Waals surface area contributed by atoms with Crippen LogP contribution in [-0.4, -0.2) is 0 Å². The summed E-state index contributed by atoms with van der Waals surface area (Å²) in [6.45, 7) is 1.88. The van der Waals surface area contributed by atoms with Gasteiger partial charge in [-0.3, -0.25) is 0 Å². The Morgan fingerprint density at radius 1 is 1.12 bits per heavy atom. The molecule has 0 amide bonds. The van der Waals surface area contributed by atoms with Gasteiger partial charge in [0, 0.05) is 5.57 Å². The molecule has 0 spiro atoms. The first-order valence-corrected chi connectivity index (χ1v) is 6.95. The third kappa shape index (κ3) is 2.06. The van der Waals surface area contributed by atoms with Gasteiger partial charge in [0.25, 0.3) is 0 Å². The molecule has 90 valence electrons. The second kappa shape index (κ2) is 4.02. The van der Waals surface area contributed by atoms with Crippen molar-refractivity contribution in [3.05, 3.63) is 23.8 Å². The van der Waals surface area contributed by atoms with Crippen molar-refractivity contribution in [2.24, 2.45) is 23.2 Å². The predicted molar refractivity (Wildman–Crippen MR) is 69.1 cm³/mol. The van der Waals surface area contributed by atoms with E-state index in [-0.39, 0.29) is 0 Å². The Hall–Kier alpha value is -1.03. The lowest BCUT2D eigenvalue weighted by atomic mass is 9.49. The third-order valence-electron chi connectivity index (χ3n) is 5.06. The van der Waals surface area contributed by atoms with Gasteiger partial charge in [-0.2, -0.15) is 5.26 Å². The van der Waals surface area contributed by atoms with Gasteiger partial charge in [-0.25, -0.2) is 0 Å². The quantitative estimate of drug-likeness (QED) is 0.511. The molecule has 0 unspecified atom stereocenters. The highest BCUT2D eigenvalue weighted by Crippen LogP contribution is 2.60. The Bertz CT molecular complexity index is 372. The Labute approximate surface area is 104 Å². The van der Waals surface area contributed by atoms with Gasteiger partial charge in [-0.05, 0) is 74.7 Å².